The van der Waals surface area contributed by atoms with Crippen LogP contribution in [0.3, 0.4) is 0 Å². The van der Waals surface area contributed by atoms with Crippen molar-refractivity contribution in [2.45, 2.75) is 20.8 Å². The first-order chi connectivity index (χ1) is 7.91. The average Bonchev–Trinajstić information content (AvgIpc) is 2.42. The van der Waals surface area contributed by atoms with E-state index in [9.17, 15) is 9.59 Å². The Morgan fingerprint density at radius 2 is 1.82 bits per heavy atom. The van der Waals surface area contributed by atoms with E-state index in [1.807, 2.05) is 0 Å². The first-order valence-corrected chi connectivity index (χ1v) is 5.30. The highest BCUT2D eigenvalue weighted by Crippen LogP contribution is 2.15. The van der Waals surface area contributed by atoms with Gasteiger partial charge >= 0.3 is 5.97 Å². The van der Waals surface area contributed by atoms with Crippen LogP contribution in [0.2, 0.25) is 0 Å². The second-order valence-corrected chi connectivity index (χ2v) is 4.58. The molecule has 0 bridgehead atoms. The molecule has 0 aromatic heterocycles. The van der Waals surface area contributed by atoms with Crippen molar-refractivity contribution in [3.8, 4) is 5.75 Å². The molecule has 1 aromatic rings. The number of ether oxygens (including phenoxy) is 2. The van der Waals surface area contributed by atoms with Gasteiger partial charge in [0.15, 0.2) is 5.75 Å². The third-order valence-corrected chi connectivity index (χ3v) is 1.98. The maximum Gasteiger partial charge on any atom is 0.314 e. The lowest BCUT2D eigenvalue weighted by atomic mass is 9.98. The van der Waals surface area contributed by atoms with Crippen LogP contribution in [0, 0.1) is 5.41 Å². The Bertz CT molecular complexity index is 446. The zero-order valence-corrected chi connectivity index (χ0v) is 10.2. The van der Waals surface area contributed by atoms with Gasteiger partial charge in [-0.2, -0.15) is 0 Å². The van der Waals surface area contributed by atoms with Gasteiger partial charge in [-0.15, -0.1) is 0 Å². The van der Waals surface area contributed by atoms with E-state index in [4.69, 9.17) is 9.47 Å². The van der Waals surface area contributed by atoms with Gasteiger partial charge in [0.1, 0.15) is 0 Å². The summed E-state index contributed by atoms with van der Waals surface area (Å²) in [4.78, 5) is 22.8. The molecule has 4 nitrogen and oxygen atoms in total. The molecule has 0 atom stereocenters. The summed E-state index contributed by atoms with van der Waals surface area (Å²) in [6, 6.07) is 7.95. The Morgan fingerprint density at radius 1 is 1.18 bits per heavy atom. The Balaban J connectivity index is 2.56. The van der Waals surface area contributed by atoms with Gasteiger partial charge in [-0.25, -0.2) is 0 Å². The van der Waals surface area contributed by atoms with E-state index >= 15 is 0 Å². The van der Waals surface area contributed by atoms with Crippen molar-refractivity contribution in [1.29, 1.82) is 0 Å². The third-order valence-electron chi connectivity index (χ3n) is 1.98. The van der Waals surface area contributed by atoms with Gasteiger partial charge in [0, 0.05) is 0 Å². The first kappa shape index (κ1) is 13.2. The predicted octanol–water partition coefficient (Wildman–Crippen LogP) is 1.97. The van der Waals surface area contributed by atoms with E-state index < -0.39 is 5.41 Å². The number of hydrogen-bond acceptors (Lipinski definition) is 4. The molecule has 0 N–H and O–H groups in total. The van der Waals surface area contributed by atoms with Crippen molar-refractivity contribution >= 4 is 5.97 Å². The summed E-state index contributed by atoms with van der Waals surface area (Å²) in [6.45, 7) is 4.99. The lowest BCUT2D eigenvalue weighted by Gasteiger charge is -2.16. The van der Waals surface area contributed by atoms with Crippen molar-refractivity contribution in [2.24, 2.45) is 5.41 Å². The van der Waals surface area contributed by atoms with Crippen LogP contribution in [0.1, 0.15) is 20.8 Å². The molecule has 1 aromatic carbocycles. The van der Waals surface area contributed by atoms with Gasteiger partial charge < -0.3 is 9.47 Å². The quantitative estimate of drug-likeness (QED) is 0.594. The highest BCUT2D eigenvalue weighted by Gasteiger charge is 2.23. The second kappa shape index (κ2) is 5.48. The Morgan fingerprint density at radius 3 is 2.47 bits per heavy atom. The number of rotatable bonds is 3. The van der Waals surface area contributed by atoms with Gasteiger partial charge in [-0.1, -0.05) is 18.2 Å². The summed E-state index contributed by atoms with van der Waals surface area (Å²) in [5.74, 6) is -0.207. The second-order valence-electron chi connectivity index (χ2n) is 4.58. The lowest BCUT2D eigenvalue weighted by molar-refractivity contribution is -0.159. The molecule has 0 saturated carbocycles. The Kier molecular flexibility index (Phi) is 4.26. The molecule has 0 heterocycles. The Hall–Kier alpha value is -1.84. The topological polar surface area (TPSA) is 52.6 Å². The molecule has 0 saturated heterocycles. The molecule has 92 valence electrons. The van der Waals surface area contributed by atoms with E-state index in [0.717, 1.165) is 0 Å². The summed E-state index contributed by atoms with van der Waals surface area (Å²) in [5, 5.41) is 0. The molecule has 0 aliphatic rings. The number of esters is 1. The van der Waals surface area contributed by atoms with Crippen molar-refractivity contribution in [2.75, 3.05) is 6.79 Å². The summed E-state index contributed by atoms with van der Waals surface area (Å²) >= 11 is 0. The van der Waals surface area contributed by atoms with Crippen LogP contribution in [0.25, 0.3) is 0 Å². The lowest BCUT2D eigenvalue weighted by Crippen LogP contribution is -2.25. The molecule has 0 aliphatic heterocycles. The van der Waals surface area contributed by atoms with Gasteiger partial charge in [-0.05, 0) is 32.9 Å². The van der Waals surface area contributed by atoms with Crippen LogP contribution in [-0.4, -0.2) is 12.8 Å². The average molecular weight is 236 g/mol. The fourth-order valence-electron chi connectivity index (χ4n) is 0.997. The van der Waals surface area contributed by atoms with Crippen LogP contribution in [0.5, 0.6) is 5.75 Å². The zero-order chi connectivity index (χ0) is 12.9. The number of carbonyl (C=O) groups is 1. The molecule has 0 unspecified atom stereocenters. The molecule has 0 spiro atoms. The molecular weight excluding hydrogens is 220 g/mol. The van der Waals surface area contributed by atoms with E-state index in [2.05, 4.69) is 0 Å². The summed E-state index contributed by atoms with van der Waals surface area (Å²) in [5.41, 5.74) is -0.827. The fourth-order valence-corrected chi connectivity index (χ4v) is 0.997. The molecule has 0 fully saturated rings. The molecule has 0 radical (unpaired) electrons. The van der Waals surface area contributed by atoms with Crippen LogP contribution in [0.4, 0.5) is 0 Å². The standard InChI is InChI=1S/C13H16O4/c1-13(2,3)12(15)17-9-16-11-8-6-4-5-7-10(11)14/h4-8H,9H2,1-3H3. The van der Waals surface area contributed by atoms with Crippen LogP contribution < -0.4 is 10.2 Å². The SMILES string of the molecule is CC(C)(C)C(=O)OCOc1cccccc1=O. The maximum atomic E-state index is 11.4. The van der Waals surface area contributed by atoms with Crippen molar-refractivity contribution in [3.63, 3.8) is 0 Å². The van der Waals surface area contributed by atoms with Crippen molar-refractivity contribution < 1.29 is 14.3 Å². The monoisotopic (exact) mass is 236 g/mol. The van der Waals surface area contributed by atoms with Gasteiger partial charge in [-0.3, -0.25) is 9.59 Å². The number of carbonyl (C=O) groups excluding carboxylic acids is 1. The normalized spacial score (nSPS) is 10.8. The Labute approximate surface area is 100 Å². The fraction of sp³-hybridized carbons (Fsp3) is 0.385. The molecular formula is C13H16O4. The first-order valence-electron chi connectivity index (χ1n) is 5.30. The minimum Gasteiger partial charge on any atom is -0.453 e. The highest BCUT2D eigenvalue weighted by molar-refractivity contribution is 5.75. The molecule has 17 heavy (non-hydrogen) atoms. The van der Waals surface area contributed by atoms with Crippen LogP contribution in [0.15, 0.2) is 35.1 Å². The molecule has 4 heteroatoms. The summed E-state index contributed by atoms with van der Waals surface area (Å²) in [6.07, 6.45) is 0. The van der Waals surface area contributed by atoms with Gasteiger partial charge in [0.2, 0.25) is 12.2 Å². The van der Waals surface area contributed by atoms with E-state index in [1.54, 1.807) is 39.0 Å². The van der Waals surface area contributed by atoms with Crippen molar-refractivity contribution in [3.05, 3.63) is 40.6 Å². The molecule has 0 amide bonds. The van der Waals surface area contributed by atoms with Crippen LogP contribution >= 0.6 is 0 Å². The van der Waals surface area contributed by atoms with E-state index in [0.29, 0.717) is 0 Å². The predicted molar refractivity (Wildman–Crippen MR) is 63.8 cm³/mol. The minimum atomic E-state index is -0.578. The highest BCUT2D eigenvalue weighted by atomic mass is 16.7. The largest absolute Gasteiger partial charge is 0.453 e. The number of hydrogen-bond donors (Lipinski definition) is 0. The maximum absolute atomic E-state index is 11.4. The van der Waals surface area contributed by atoms with E-state index in [-0.39, 0.29) is 23.9 Å². The van der Waals surface area contributed by atoms with Crippen LogP contribution in [-0.2, 0) is 9.53 Å². The molecule has 0 aliphatic carbocycles. The zero-order valence-electron chi connectivity index (χ0n) is 10.2. The molecule has 1 rings (SSSR count). The smallest absolute Gasteiger partial charge is 0.314 e. The third kappa shape index (κ3) is 4.26. The van der Waals surface area contributed by atoms with Gasteiger partial charge in [0.05, 0.1) is 5.41 Å². The summed E-state index contributed by atoms with van der Waals surface area (Å²) < 4.78 is 10.0. The minimum absolute atomic E-state index is 0.164. The van der Waals surface area contributed by atoms with Crippen molar-refractivity contribution in [1.82, 2.24) is 0 Å². The van der Waals surface area contributed by atoms with E-state index in [1.165, 1.54) is 12.1 Å². The summed E-state index contributed by atoms with van der Waals surface area (Å²) in [7, 11) is 0. The van der Waals surface area contributed by atoms with Gasteiger partial charge in [0.25, 0.3) is 0 Å².